The molecule has 2 saturated heterocycles. The van der Waals surface area contributed by atoms with Gasteiger partial charge in [0.25, 0.3) is 0 Å². The van der Waals surface area contributed by atoms with Crippen LogP contribution in [0.5, 0.6) is 0 Å². The van der Waals surface area contributed by atoms with E-state index >= 15 is 0 Å². The third kappa shape index (κ3) is 10.1. The highest BCUT2D eigenvalue weighted by molar-refractivity contribution is 7.07. The van der Waals surface area contributed by atoms with Gasteiger partial charge in [-0.15, -0.1) is 0 Å². The van der Waals surface area contributed by atoms with Crippen LogP contribution in [0.25, 0.3) is 0 Å². The number of nitrogens with zero attached hydrogens (tertiary/aromatic N) is 4. The van der Waals surface area contributed by atoms with Crippen molar-refractivity contribution < 1.29 is 50.9 Å². The molecule has 16 heteroatoms. The Bertz CT molecular complexity index is 960. The van der Waals surface area contributed by atoms with Gasteiger partial charge in [-0.25, -0.2) is 19.6 Å². The summed E-state index contributed by atoms with van der Waals surface area (Å²) >= 11 is 1.78. The first-order valence-corrected chi connectivity index (χ1v) is 11.7. The number of likely N-dealkylation sites (tertiary alicyclic amines) is 1. The summed E-state index contributed by atoms with van der Waals surface area (Å²) in [5.41, 5.74) is 1.40. The number of halogens is 6. The molecule has 2 aromatic rings. The lowest BCUT2D eigenvalue weighted by molar-refractivity contribution is -0.193. The first-order chi connectivity index (χ1) is 17.2. The van der Waals surface area contributed by atoms with E-state index in [1.807, 2.05) is 18.5 Å². The number of carboxylic acid groups (broad SMARTS) is 2. The summed E-state index contributed by atoms with van der Waals surface area (Å²) in [6.45, 7) is 5.81. The SMILES string of the molecule is O=C(O)C(F)(F)F.O=C(O)C(F)(F)F.c1cnc(N2CCOC3(CCN(Cc4ccsc4)CC3)C2)nc1. The summed E-state index contributed by atoms with van der Waals surface area (Å²) in [6.07, 6.45) is -4.37. The molecule has 2 aromatic heterocycles. The summed E-state index contributed by atoms with van der Waals surface area (Å²) in [7, 11) is 0. The van der Waals surface area contributed by atoms with Crippen molar-refractivity contribution in [2.24, 2.45) is 0 Å². The van der Waals surface area contributed by atoms with Crippen molar-refractivity contribution in [3.63, 3.8) is 0 Å². The molecule has 2 aliphatic rings. The molecule has 1 spiro atoms. The van der Waals surface area contributed by atoms with Crippen molar-refractivity contribution in [1.82, 2.24) is 14.9 Å². The number of ether oxygens (including phenoxy) is 1. The zero-order chi connectivity index (χ0) is 27.7. The lowest BCUT2D eigenvalue weighted by atomic mass is 9.89. The van der Waals surface area contributed by atoms with E-state index in [9.17, 15) is 26.3 Å². The Labute approximate surface area is 211 Å². The number of alkyl halides is 6. The number of piperidine rings is 1. The highest BCUT2D eigenvalue weighted by atomic mass is 32.1. The largest absolute Gasteiger partial charge is 0.490 e. The molecule has 2 N–H and O–H groups in total. The molecule has 4 rings (SSSR count). The average Bonchev–Trinajstić information content (AvgIpc) is 3.34. The van der Waals surface area contributed by atoms with Gasteiger partial charge in [-0.2, -0.15) is 37.7 Å². The zero-order valence-corrected chi connectivity index (χ0v) is 20.0. The minimum absolute atomic E-state index is 0.0252. The van der Waals surface area contributed by atoms with Crippen molar-refractivity contribution in [1.29, 1.82) is 0 Å². The number of carbonyl (C=O) groups is 2. The Balaban J connectivity index is 0.000000286. The van der Waals surface area contributed by atoms with E-state index < -0.39 is 24.3 Å². The van der Waals surface area contributed by atoms with Crippen LogP contribution in [0, 0.1) is 0 Å². The third-order valence-electron chi connectivity index (χ3n) is 5.32. The lowest BCUT2D eigenvalue weighted by Gasteiger charge is -2.47. The zero-order valence-electron chi connectivity index (χ0n) is 19.2. The molecule has 37 heavy (non-hydrogen) atoms. The second-order valence-electron chi connectivity index (χ2n) is 8.02. The van der Waals surface area contributed by atoms with Gasteiger partial charge in [-0.1, -0.05) is 0 Å². The normalized spacial score (nSPS) is 17.7. The Kier molecular flexibility index (Phi) is 10.6. The molecule has 2 fully saturated rings. The Morgan fingerprint density at radius 1 is 1.00 bits per heavy atom. The van der Waals surface area contributed by atoms with Gasteiger partial charge in [-0.3, -0.25) is 4.90 Å². The van der Waals surface area contributed by atoms with Gasteiger partial charge in [0.1, 0.15) is 0 Å². The highest BCUT2D eigenvalue weighted by Gasteiger charge is 2.40. The number of morpholine rings is 1. The number of carboxylic acids is 2. The molecule has 0 radical (unpaired) electrons. The third-order valence-corrected chi connectivity index (χ3v) is 6.05. The standard InChI is InChI=1S/C17H22N4OS.2C2HF3O2/c1-5-18-16(19-6-1)21-9-10-22-17(14-21)3-7-20(8-4-17)12-15-2-11-23-13-15;2*3-2(4,5)1(6)7/h1-2,5-6,11,13H,3-4,7-10,12,14H2;2*(H,6,7). The van der Waals surface area contributed by atoms with Crippen LogP contribution in [0.15, 0.2) is 35.3 Å². The molecular formula is C21H24F6N4O5S. The molecule has 0 aromatic carbocycles. The van der Waals surface area contributed by atoms with Crippen molar-refractivity contribution in [3.05, 3.63) is 40.8 Å². The maximum Gasteiger partial charge on any atom is 0.490 e. The molecule has 0 unspecified atom stereocenters. The topological polar surface area (TPSA) is 116 Å². The van der Waals surface area contributed by atoms with Crippen LogP contribution in [0.2, 0.25) is 0 Å². The fourth-order valence-electron chi connectivity index (χ4n) is 3.53. The van der Waals surface area contributed by atoms with Crippen molar-refractivity contribution in [2.45, 2.75) is 37.3 Å². The number of hydrogen-bond donors (Lipinski definition) is 2. The second kappa shape index (κ2) is 13.0. The first kappa shape index (κ1) is 30.2. The Morgan fingerprint density at radius 3 is 2.00 bits per heavy atom. The predicted octanol–water partition coefficient (Wildman–Crippen LogP) is 3.68. The molecule has 0 aliphatic carbocycles. The van der Waals surface area contributed by atoms with E-state index in [0.29, 0.717) is 0 Å². The van der Waals surface area contributed by atoms with Gasteiger partial charge in [0, 0.05) is 38.6 Å². The van der Waals surface area contributed by atoms with E-state index in [1.54, 1.807) is 11.3 Å². The first-order valence-electron chi connectivity index (χ1n) is 10.7. The van der Waals surface area contributed by atoms with Gasteiger partial charge in [-0.05, 0) is 41.3 Å². The van der Waals surface area contributed by atoms with Crippen molar-refractivity contribution >= 4 is 29.2 Å². The summed E-state index contributed by atoms with van der Waals surface area (Å²) in [4.78, 5) is 31.4. The number of aromatic nitrogens is 2. The number of aliphatic carboxylic acids is 2. The smallest absolute Gasteiger partial charge is 0.475 e. The molecule has 0 bridgehead atoms. The molecule has 206 valence electrons. The maximum absolute atomic E-state index is 10.6. The Hall–Kier alpha value is -2.98. The van der Waals surface area contributed by atoms with Crippen molar-refractivity contribution in [3.8, 4) is 0 Å². The minimum atomic E-state index is -5.08. The monoisotopic (exact) mass is 558 g/mol. The molecule has 0 amide bonds. The minimum Gasteiger partial charge on any atom is -0.475 e. The highest BCUT2D eigenvalue weighted by Crippen LogP contribution is 2.32. The van der Waals surface area contributed by atoms with Crippen LogP contribution in [0.3, 0.4) is 0 Å². The fraction of sp³-hybridized carbons (Fsp3) is 0.524. The number of anilines is 1. The Morgan fingerprint density at radius 2 is 1.54 bits per heavy atom. The summed E-state index contributed by atoms with van der Waals surface area (Å²) in [6, 6.07) is 4.09. The predicted molar refractivity (Wildman–Crippen MR) is 119 cm³/mol. The van der Waals surface area contributed by atoms with E-state index in [0.717, 1.165) is 58.1 Å². The number of thiophene rings is 1. The number of rotatable bonds is 3. The maximum atomic E-state index is 10.6. The van der Waals surface area contributed by atoms with E-state index in [1.165, 1.54) is 5.56 Å². The number of hydrogen-bond acceptors (Lipinski definition) is 8. The summed E-state index contributed by atoms with van der Waals surface area (Å²) in [5.74, 6) is -4.68. The molecule has 0 atom stereocenters. The summed E-state index contributed by atoms with van der Waals surface area (Å²) < 4.78 is 69.7. The quantitative estimate of drug-likeness (QED) is 0.545. The van der Waals surface area contributed by atoms with Gasteiger partial charge in [0.2, 0.25) is 5.95 Å². The van der Waals surface area contributed by atoms with Crippen LogP contribution in [-0.4, -0.2) is 87.8 Å². The van der Waals surface area contributed by atoms with Crippen LogP contribution >= 0.6 is 11.3 Å². The van der Waals surface area contributed by atoms with Crippen LogP contribution < -0.4 is 4.90 Å². The van der Waals surface area contributed by atoms with Crippen LogP contribution in [0.4, 0.5) is 32.3 Å². The average molecular weight is 559 g/mol. The molecule has 2 aliphatic heterocycles. The van der Waals surface area contributed by atoms with Crippen LogP contribution in [0.1, 0.15) is 18.4 Å². The van der Waals surface area contributed by atoms with E-state index in [-0.39, 0.29) is 5.60 Å². The molecule has 0 saturated carbocycles. The van der Waals surface area contributed by atoms with Gasteiger partial charge < -0.3 is 19.8 Å². The molecular weight excluding hydrogens is 534 g/mol. The fourth-order valence-corrected chi connectivity index (χ4v) is 4.19. The van der Waals surface area contributed by atoms with Gasteiger partial charge >= 0.3 is 24.3 Å². The van der Waals surface area contributed by atoms with Gasteiger partial charge in [0.15, 0.2) is 0 Å². The van der Waals surface area contributed by atoms with E-state index in [4.69, 9.17) is 24.5 Å². The molecule has 4 heterocycles. The van der Waals surface area contributed by atoms with Gasteiger partial charge in [0.05, 0.1) is 18.8 Å². The second-order valence-corrected chi connectivity index (χ2v) is 8.80. The van der Waals surface area contributed by atoms with E-state index in [2.05, 4.69) is 36.6 Å². The summed E-state index contributed by atoms with van der Waals surface area (Å²) in [5, 5.41) is 18.7. The molecule has 9 nitrogen and oxygen atoms in total. The lowest BCUT2D eigenvalue weighted by Crippen LogP contribution is -2.57. The van der Waals surface area contributed by atoms with Crippen molar-refractivity contribution in [2.75, 3.05) is 37.7 Å². The van der Waals surface area contributed by atoms with Crippen LogP contribution in [-0.2, 0) is 20.9 Å².